The first kappa shape index (κ1) is 15.8. The largest absolute Gasteiger partial charge is 0.449 e. The van der Waals surface area contributed by atoms with E-state index in [2.05, 4.69) is 11.1 Å². The highest BCUT2D eigenvalue weighted by molar-refractivity contribution is 6.00. The Balaban J connectivity index is 2.27. The molecule has 2 N–H and O–H groups in total. The summed E-state index contributed by atoms with van der Waals surface area (Å²) < 4.78 is 5.51. The average molecular weight is 322 g/mol. The highest BCUT2D eigenvalue weighted by Crippen LogP contribution is 2.42. The third-order valence-electron chi connectivity index (χ3n) is 4.21. The second-order valence-electron chi connectivity index (χ2n) is 5.46. The number of pyridine rings is 1. The van der Waals surface area contributed by atoms with Crippen LogP contribution in [0, 0.1) is 11.3 Å². The number of nitrogens with two attached hydrogens (primary N) is 1. The number of nitrogen functional groups attached to an aromatic ring is 1. The summed E-state index contributed by atoms with van der Waals surface area (Å²) >= 11 is 0. The van der Waals surface area contributed by atoms with Crippen LogP contribution in [0.15, 0.2) is 30.3 Å². The van der Waals surface area contributed by atoms with Crippen LogP contribution in [0.25, 0.3) is 0 Å². The molecule has 1 atom stereocenters. The number of hydrogen-bond donors (Lipinski definition) is 1. The summed E-state index contributed by atoms with van der Waals surface area (Å²) in [6.07, 6.45) is -0.636. The molecule has 122 valence electrons. The van der Waals surface area contributed by atoms with Crippen molar-refractivity contribution in [1.29, 1.82) is 5.26 Å². The molecule has 2 heterocycles. The van der Waals surface area contributed by atoms with E-state index in [1.54, 1.807) is 0 Å². The third kappa shape index (κ3) is 2.35. The fraction of sp³-hybridized carbons (Fsp3) is 0.278. The first-order valence-electron chi connectivity index (χ1n) is 7.86. The number of fused-ring (bicyclic) bond motifs is 1. The number of rotatable bonds is 4. The molecule has 1 aromatic heterocycles. The van der Waals surface area contributed by atoms with Crippen molar-refractivity contribution in [1.82, 2.24) is 4.98 Å². The predicted molar refractivity (Wildman–Crippen MR) is 90.6 cm³/mol. The summed E-state index contributed by atoms with van der Waals surface area (Å²) in [5.74, 6) is 0.0683. The van der Waals surface area contributed by atoms with E-state index >= 15 is 0 Å². The van der Waals surface area contributed by atoms with Crippen molar-refractivity contribution >= 4 is 17.6 Å². The fourth-order valence-electron chi connectivity index (χ4n) is 3.04. The molecule has 0 aliphatic carbocycles. The first-order valence-corrected chi connectivity index (χ1v) is 7.86. The van der Waals surface area contributed by atoms with Gasteiger partial charge in [-0.05, 0) is 19.4 Å². The molecule has 0 spiro atoms. The van der Waals surface area contributed by atoms with Crippen LogP contribution < -0.4 is 10.6 Å². The lowest BCUT2D eigenvalue weighted by molar-refractivity contribution is 0.0456. The molecular weight excluding hydrogens is 304 g/mol. The van der Waals surface area contributed by atoms with Gasteiger partial charge in [-0.1, -0.05) is 30.3 Å². The molecule has 2 aromatic rings. The molecule has 24 heavy (non-hydrogen) atoms. The fourth-order valence-corrected chi connectivity index (χ4v) is 3.04. The molecule has 3 rings (SSSR count). The molecular formula is C18H18N4O2. The van der Waals surface area contributed by atoms with E-state index in [0.717, 1.165) is 5.56 Å². The number of esters is 1. The van der Waals surface area contributed by atoms with Crippen LogP contribution in [0.2, 0.25) is 0 Å². The Morgan fingerprint density at radius 2 is 1.96 bits per heavy atom. The normalized spacial score (nSPS) is 15.5. The zero-order valence-corrected chi connectivity index (χ0v) is 13.6. The van der Waals surface area contributed by atoms with Crippen LogP contribution in [0.4, 0.5) is 11.6 Å². The Hall–Kier alpha value is -3.07. The maximum Gasteiger partial charge on any atom is 0.343 e. The van der Waals surface area contributed by atoms with E-state index in [1.807, 2.05) is 49.1 Å². The van der Waals surface area contributed by atoms with E-state index in [9.17, 15) is 10.1 Å². The maximum absolute atomic E-state index is 12.3. The van der Waals surface area contributed by atoms with Gasteiger partial charge in [-0.15, -0.1) is 0 Å². The first-order chi connectivity index (χ1) is 11.6. The Labute approximate surface area is 140 Å². The molecule has 6 heteroatoms. The maximum atomic E-state index is 12.3. The van der Waals surface area contributed by atoms with Gasteiger partial charge < -0.3 is 15.4 Å². The van der Waals surface area contributed by atoms with E-state index in [1.165, 1.54) is 0 Å². The number of carbonyl (C=O) groups excluding carboxylic acids is 1. The highest BCUT2D eigenvalue weighted by Gasteiger charge is 2.39. The Kier molecular flexibility index (Phi) is 4.09. The van der Waals surface area contributed by atoms with Crippen LogP contribution in [-0.2, 0) is 4.74 Å². The molecule has 0 fully saturated rings. The second kappa shape index (κ2) is 6.20. The summed E-state index contributed by atoms with van der Waals surface area (Å²) in [7, 11) is 0. The minimum atomic E-state index is -0.636. The van der Waals surface area contributed by atoms with E-state index < -0.39 is 12.1 Å². The van der Waals surface area contributed by atoms with Crippen molar-refractivity contribution in [3.8, 4) is 6.07 Å². The van der Waals surface area contributed by atoms with Gasteiger partial charge in [0.15, 0.2) is 6.10 Å². The standard InChI is InChI=1S/C18H18N4O2/c1-3-22(4-2)17-12(10-19)13-14(16(20)21-17)18(23)24-15(13)11-8-6-5-7-9-11/h5-9,15H,3-4H2,1-2H3,(H2,20,21). The average Bonchev–Trinajstić information content (AvgIpc) is 2.95. The van der Waals surface area contributed by atoms with Gasteiger partial charge in [0.2, 0.25) is 0 Å². The highest BCUT2D eigenvalue weighted by atomic mass is 16.5. The van der Waals surface area contributed by atoms with Gasteiger partial charge >= 0.3 is 5.97 Å². The molecule has 1 aliphatic heterocycles. The number of ether oxygens (including phenoxy) is 1. The van der Waals surface area contributed by atoms with E-state index in [0.29, 0.717) is 30.0 Å². The van der Waals surface area contributed by atoms with Gasteiger partial charge in [0, 0.05) is 18.7 Å². The van der Waals surface area contributed by atoms with E-state index in [4.69, 9.17) is 10.5 Å². The number of nitrogens with zero attached hydrogens (tertiary/aromatic N) is 3. The third-order valence-corrected chi connectivity index (χ3v) is 4.21. The van der Waals surface area contributed by atoms with Gasteiger partial charge in [-0.2, -0.15) is 5.26 Å². The number of anilines is 2. The Morgan fingerprint density at radius 1 is 1.29 bits per heavy atom. The molecule has 1 aliphatic rings. The molecule has 1 unspecified atom stereocenters. The van der Waals surface area contributed by atoms with Crippen molar-refractivity contribution in [2.75, 3.05) is 23.7 Å². The molecule has 0 bridgehead atoms. The monoisotopic (exact) mass is 322 g/mol. The number of aromatic nitrogens is 1. The van der Waals surface area contributed by atoms with Crippen LogP contribution in [0.1, 0.15) is 47.0 Å². The molecule has 0 saturated heterocycles. The lowest BCUT2D eigenvalue weighted by Gasteiger charge is -2.23. The molecule has 6 nitrogen and oxygen atoms in total. The smallest absolute Gasteiger partial charge is 0.343 e. The van der Waals surface area contributed by atoms with Crippen molar-refractivity contribution in [3.63, 3.8) is 0 Å². The van der Waals surface area contributed by atoms with Crippen LogP contribution >= 0.6 is 0 Å². The number of benzene rings is 1. The molecule has 0 radical (unpaired) electrons. The van der Waals surface area contributed by atoms with Crippen molar-refractivity contribution in [2.45, 2.75) is 20.0 Å². The minimum absolute atomic E-state index is 0.106. The predicted octanol–water partition coefficient (Wildman–Crippen LogP) is 2.64. The van der Waals surface area contributed by atoms with Crippen molar-refractivity contribution in [3.05, 3.63) is 52.6 Å². The quantitative estimate of drug-likeness (QED) is 0.870. The summed E-state index contributed by atoms with van der Waals surface area (Å²) in [5, 5.41) is 9.74. The SMILES string of the molecule is CCN(CC)c1nc(N)c2c(c1C#N)C(c1ccccc1)OC2=O. The lowest BCUT2D eigenvalue weighted by Crippen LogP contribution is -2.25. The van der Waals surface area contributed by atoms with Gasteiger partial charge in [0.05, 0.1) is 0 Å². The zero-order valence-electron chi connectivity index (χ0n) is 13.6. The number of carbonyl (C=O) groups is 1. The topological polar surface area (TPSA) is 92.2 Å². The van der Waals surface area contributed by atoms with Gasteiger partial charge in [-0.25, -0.2) is 9.78 Å². The zero-order chi connectivity index (χ0) is 17.3. The van der Waals surface area contributed by atoms with Crippen LogP contribution in [0.5, 0.6) is 0 Å². The molecule has 1 aromatic carbocycles. The summed E-state index contributed by atoms with van der Waals surface area (Å²) in [5.41, 5.74) is 7.90. The molecule has 0 amide bonds. The van der Waals surface area contributed by atoms with Crippen LogP contribution in [-0.4, -0.2) is 24.0 Å². The van der Waals surface area contributed by atoms with Crippen molar-refractivity contribution in [2.24, 2.45) is 0 Å². The summed E-state index contributed by atoms with van der Waals surface area (Å²) in [4.78, 5) is 18.6. The van der Waals surface area contributed by atoms with Gasteiger partial charge in [0.25, 0.3) is 0 Å². The van der Waals surface area contributed by atoms with Gasteiger partial charge in [0.1, 0.15) is 28.8 Å². The molecule has 0 saturated carbocycles. The summed E-state index contributed by atoms with van der Waals surface area (Å²) in [6, 6.07) is 11.5. The number of hydrogen-bond acceptors (Lipinski definition) is 6. The second-order valence-corrected chi connectivity index (χ2v) is 5.46. The van der Waals surface area contributed by atoms with E-state index in [-0.39, 0.29) is 11.4 Å². The lowest BCUT2D eigenvalue weighted by atomic mass is 9.95. The Bertz CT molecular complexity index is 823. The number of cyclic esters (lactones) is 1. The summed E-state index contributed by atoms with van der Waals surface area (Å²) in [6.45, 7) is 5.32. The minimum Gasteiger partial charge on any atom is -0.449 e. The van der Waals surface area contributed by atoms with Crippen LogP contribution in [0.3, 0.4) is 0 Å². The Morgan fingerprint density at radius 3 is 2.54 bits per heavy atom. The number of nitriles is 1. The van der Waals surface area contributed by atoms with Gasteiger partial charge in [-0.3, -0.25) is 0 Å². The van der Waals surface area contributed by atoms with Crippen molar-refractivity contribution < 1.29 is 9.53 Å².